The monoisotopic (exact) mass is 484 g/mol. The van der Waals surface area contributed by atoms with Gasteiger partial charge in [-0.25, -0.2) is 13.2 Å². The number of nitrogens with one attached hydrogen (secondary N) is 1. The Bertz CT molecular complexity index is 1070. The molecule has 1 fully saturated rings. The minimum absolute atomic E-state index is 0.0416. The number of ether oxygens (including phenoxy) is 1. The lowest BCUT2D eigenvalue weighted by Crippen LogP contribution is -2.35. The molecule has 1 saturated heterocycles. The van der Waals surface area contributed by atoms with Crippen LogP contribution < -0.4 is 5.32 Å². The first kappa shape index (κ1) is 23.5. The Morgan fingerprint density at radius 1 is 1.03 bits per heavy atom. The molecule has 3 rings (SSSR count). The highest BCUT2D eigenvalue weighted by atomic mass is 35.5. The zero-order valence-electron chi connectivity index (χ0n) is 16.8. The van der Waals surface area contributed by atoms with E-state index in [-0.39, 0.29) is 21.2 Å². The first-order valence-electron chi connectivity index (χ1n) is 9.75. The van der Waals surface area contributed by atoms with Crippen LogP contribution in [0.15, 0.2) is 47.4 Å². The van der Waals surface area contributed by atoms with Crippen molar-refractivity contribution in [3.05, 3.63) is 58.1 Å². The first-order chi connectivity index (χ1) is 14.7. The minimum atomic E-state index is -3.69. The Morgan fingerprint density at radius 3 is 2.32 bits per heavy atom. The van der Waals surface area contributed by atoms with E-state index in [2.05, 4.69) is 5.32 Å². The normalized spacial score (nSPS) is 15.8. The molecule has 10 heteroatoms. The van der Waals surface area contributed by atoms with E-state index in [0.717, 1.165) is 19.3 Å². The number of anilines is 1. The van der Waals surface area contributed by atoms with Crippen LogP contribution in [0, 0.1) is 0 Å². The molecule has 0 aliphatic carbocycles. The fourth-order valence-corrected chi connectivity index (χ4v) is 4.95. The molecule has 0 bridgehead atoms. The number of piperidine rings is 1. The molecule has 0 radical (unpaired) electrons. The van der Waals surface area contributed by atoms with Gasteiger partial charge in [0.15, 0.2) is 6.10 Å². The van der Waals surface area contributed by atoms with Crippen molar-refractivity contribution in [2.75, 3.05) is 18.4 Å². The first-order valence-corrected chi connectivity index (χ1v) is 11.9. The molecule has 1 aliphatic rings. The lowest BCUT2D eigenvalue weighted by Gasteiger charge is -2.26. The standard InChI is InChI=1S/C21H22Cl2N2O5S/c1-14(30-21(27)15-5-7-16(22)8-6-15)20(26)24-19-13-17(9-10-18(19)23)31(28,29)25-11-3-2-4-12-25/h5-10,13-14H,2-4,11-12H2,1H3,(H,24,26)/t14-/m0/s1. The van der Waals surface area contributed by atoms with Crippen LogP contribution >= 0.6 is 23.2 Å². The molecule has 0 saturated carbocycles. The smallest absolute Gasteiger partial charge is 0.338 e. The van der Waals surface area contributed by atoms with Gasteiger partial charge < -0.3 is 10.1 Å². The van der Waals surface area contributed by atoms with E-state index in [4.69, 9.17) is 27.9 Å². The maximum atomic E-state index is 12.9. The Hall–Kier alpha value is -2.13. The summed E-state index contributed by atoms with van der Waals surface area (Å²) in [6, 6.07) is 10.2. The molecule has 0 aromatic heterocycles. The third-order valence-corrected chi connectivity index (χ3v) is 7.36. The molecule has 31 heavy (non-hydrogen) atoms. The number of carbonyl (C=O) groups excluding carboxylic acids is 2. The van der Waals surface area contributed by atoms with Gasteiger partial charge in [0.1, 0.15) is 0 Å². The second kappa shape index (κ2) is 9.99. The number of carbonyl (C=O) groups is 2. The molecular weight excluding hydrogens is 463 g/mol. The van der Waals surface area contributed by atoms with Gasteiger partial charge in [-0.05, 0) is 62.2 Å². The van der Waals surface area contributed by atoms with Gasteiger partial charge in [0.2, 0.25) is 10.0 Å². The highest BCUT2D eigenvalue weighted by Crippen LogP contribution is 2.28. The van der Waals surface area contributed by atoms with Gasteiger partial charge in [0.25, 0.3) is 5.91 Å². The molecule has 1 heterocycles. The summed E-state index contributed by atoms with van der Waals surface area (Å²) in [5.74, 6) is -1.33. The Balaban J connectivity index is 1.71. The largest absolute Gasteiger partial charge is 0.449 e. The number of esters is 1. The van der Waals surface area contributed by atoms with E-state index in [1.807, 2.05) is 0 Å². The maximum Gasteiger partial charge on any atom is 0.338 e. The summed E-state index contributed by atoms with van der Waals surface area (Å²) >= 11 is 12.0. The van der Waals surface area contributed by atoms with Crippen LogP contribution in [0.1, 0.15) is 36.5 Å². The molecule has 2 aromatic rings. The van der Waals surface area contributed by atoms with Crippen LogP contribution in [0.3, 0.4) is 0 Å². The van der Waals surface area contributed by atoms with Gasteiger partial charge >= 0.3 is 5.97 Å². The van der Waals surface area contributed by atoms with Crippen molar-refractivity contribution in [2.24, 2.45) is 0 Å². The van der Waals surface area contributed by atoms with Gasteiger partial charge in [0, 0.05) is 18.1 Å². The second-order valence-electron chi connectivity index (χ2n) is 7.15. The average molecular weight is 485 g/mol. The van der Waals surface area contributed by atoms with Crippen molar-refractivity contribution >= 4 is 50.8 Å². The predicted molar refractivity (Wildman–Crippen MR) is 119 cm³/mol. The Labute approximate surface area is 191 Å². The predicted octanol–water partition coefficient (Wildman–Crippen LogP) is 4.35. The third-order valence-electron chi connectivity index (χ3n) is 4.88. The van der Waals surface area contributed by atoms with Crippen molar-refractivity contribution in [1.29, 1.82) is 0 Å². The summed E-state index contributed by atoms with van der Waals surface area (Å²) in [4.78, 5) is 24.8. The molecule has 1 aliphatic heterocycles. The van der Waals surface area contributed by atoms with Gasteiger partial charge in [-0.3, -0.25) is 4.79 Å². The van der Waals surface area contributed by atoms with E-state index in [0.29, 0.717) is 18.1 Å². The molecule has 166 valence electrons. The zero-order valence-corrected chi connectivity index (χ0v) is 19.1. The minimum Gasteiger partial charge on any atom is -0.449 e. The fraction of sp³-hybridized carbons (Fsp3) is 0.333. The third kappa shape index (κ3) is 5.77. The summed E-state index contributed by atoms with van der Waals surface area (Å²) in [6.07, 6.45) is 1.49. The molecule has 1 atom stereocenters. The SMILES string of the molecule is C[C@H](OC(=O)c1ccc(Cl)cc1)C(=O)Nc1cc(S(=O)(=O)N2CCCCC2)ccc1Cl. The van der Waals surface area contributed by atoms with E-state index in [1.165, 1.54) is 53.7 Å². The van der Waals surface area contributed by atoms with Crippen LogP contribution in [0.5, 0.6) is 0 Å². The van der Waals surface area contributed by atoms with Crippen LogP contribution in [0.25, 0.3) is 0 Å². The van der Waals surface area contributed by atoms with Crippen molar-refractivity contribution in [2.45, 2.75) is 37.2 Å². The van der Waals surface area contributed by atoms with E-state index in [1.54, 1.807) is 0 Å². The Morgan fingerprint density at radius 2 is 1.68 bits per heavy atom. The van der Waals surface area contributed by atoms with Crippen molar-refractivity contribution in [1.82, 2.24) is 4.31 Å². The van der Waals surface area contributed by atoms with Crippen LogP contribution in [0.4, 0.5) is 5.69 Å². The van der Waals surface area contributed by atoms with E-state index in [9.17, 15) is 18.0 Å². The maximum absolute atomic E-state index is 12.9. The lowest BCUT2D eigenvalue weighted by molar-refractivity contribution is -0.123. The number of amides is 1. The van der Waals surface area contributed by atoms with Gasteiger partial charge in [-0.1, -0.05) is 29.6 Å². The highest BCUT2D eigenvalue weighted by Gasteiger charge is 2.27. The van der Waals surface area contributed by atoms with Gasteiger partial charge in [-0.15, -0.1) is 0 Å². The molecule has 0 spiro atoms. The quantitative estimate of drug-likeness (QED) is 0.615. The zero-order chi connectivity index (χ0) is 22.6. The number of rotatable bonds is 6. The average Bonchev–Trinajstić information content (AvgIpc) is 2.76. The van der Waals surface area contributed by atoms with Crippen LogP contribution in [-0.4, -0.2) is 43.8 Å². The fourth-order valence-electron chi connectivity index (χ4n) is 3.12. The molecule has 1 amide bonds. The molecule has 7 nitrogen and oxygen atoms in total. The van der Waals surface area contributed by atoms with E-state index >= 15 is 0 Å². The summed E-state index contributed by atoms with van der Waals surface area (Å²) in [6.45, 7) is 2.33. The molecule has 1 N–H and O–H groups in total. The Kier molecular flexibility index (Phi) is 7.59. The number of nitrogens with zero attached hydrogens (tertiary/aromatic N) is 1. The van der Waals surface area contributed by atoms with Crippen molar-refractivity contribution in [3.8, 4) is 0 Å². The highest BCUT2D eigenvalue weighted by molar-refractivity contribution is 7.89. The van der Waals surface area contributed by atoms with Crippen LogP contribution in [-0.2, 0) is 19.6 Å². The number of halogens is 2. The molecule has 2 aromatic carbocycles. The molecular formula is C21H22Cl2N2O5S. The number of hydrogen-bond donors (Lipinski definition) is 1. The summed E-state index contributed by atoms with van der Waals surface area (Å²) in [7, 11) is -3.69. The summed E-state index contributed by atoms with van der Waals surface area (Å²) < 4.78 is 32.4. The second-order valence-corrected chi connectivity index (χ2v) is 9.93. The molecule has 0 unspecified atom stereocenters. The van der Waals surface area contributed by atoms with Gasteiger partial charge in [-0.2, -0.15) is 4.31 Å². The topological polar surface area (TPSA) is 92.8 Å². The van der Waals surface area contributed by atoms with Gasteiger partial charge in [0.05, 0.1) is 21.2 Å². The lowest BCUT2D eigenvalue weighted by atomic mass is 10.2. The summed E-state index contributed by atoms with van der Waals surface area (Å²) in [5, 5.41) is 3.18. The summed E-state index contributed by atoms with van der Waals surface area (Å²) in [5.41, 5.74) is 0.371. The van der Waals surface area contributed by atoms with E-state index < -0.39 is 28.0 Å². The number of hydrogen-bond acceptors (Lipinski definition) is 5. The number of benzene rings is 2. The van der Waals surface area contributed by atoms with Crippen molar-refractivity contribution in [3.63, 3.8) is 0 Å². The number of sulfonamides is 1. The van der Waals surface area contributed by atoms with Crippen LogP contribution in [0.2, 0.25) is 10.0 Å². The van der Waals surface area contributed by atoms with Crippen molar-refractivity contribution < 1.29 is 22.7 Å².